The SMILES string of the molecule is CC1CCC[C@@H](C)N1Cc1cc2c(N)nc(-c3ccon3)nc2s1. The standard InChI is InChI=1S/C17H21N5OS/c1-10-4-3-5-11(2)22(10)9-12-8-13-15(18)19-16(20-17(13)24-12)14-6-7-23-21-14/h6-8,10-11H,3-5,9H2,1-2H3,(H2,18,19,20)/t10-,11?/m1/s1. The predicted octanol–water partition coefficient (Wildman–Crippen LogP) is 3.69. The molecule has 0 amide bonds. The van der Waals surface area contributed by atoms with Crippen LogP contribution >= 0.6 is 11.3 Å². The lowest BCUT2D eigenvalue weighted by molar-refractivity contribution is 0.0965. The molecule has 4 heterocycles. The number of hydrogen-bond acceptors (Lipinski definition) is 7. The maximum absolute atomic E-state index is 6.15. The number of nitrogens with two attached hydrogens (primary N) is 1. The molecule has 4 rings (SSSR count). The van der Waals surface area contributed by atoms with Gasteiger partial charge in [0, 0.05) is 29.6 Å². The van der Waals surface area contributed by atoms with E-state index in [1.54, 1.807) is 17.4 Å². The molecule has 1 fully saturated rings. The zero-order valence-corrected chi connectivity index (χ0v) is 14.7. The summed E-state index contributed by atoms with van der Waals surface area (Å²) in [5.41, 5.74) is 6.76. The molecular formula is C17H21N5OS. The minimum absolute atomic E-state index is 0.500. The number of fused-ring (bicyclic) bond motifs is 1. The summed E-state index contributed by atoms with van der Waals surface area (Å²) in [7, 11) is 0. The van der Waals surface area contributed by atoms with Gasteiger partial charge in [0.2, 0.25) is 0 Å². The molecular weight excluding hydrogens is 322 g/mol. The molecule has 1 unspecified atom stereocenters. The predicted molar refractivity (Wildman–Crippen MR) is 95.6 cm³/mol. The number of anilines is 1. The monoisotopic (exact) mass is 343 g/mol. The normalized spacial score (nSPS) is 22.2. The van der Waals surface area contributed by atoms with Gasteiger partial charge in [0.25, 0.3) is 0 Å². The second-order valence-electron chi connectivity index (χ2n) is 6.55. The van der Waals surface area contributed by atoms with Gasteiger partial charge in [-0.05, 0) is 32.8 Å². The summed E-state index contributed by atoms with van der Waals surface area (Å²) in [6.45, 7) is 5.59. The highest BCUT2D eigenvalue weighted by Crippen LogP contribution is 2.32. The fourth-order valence-electron chi connectivity index (χ4n) is 3.48. The second kappa shape index (κ2) is 6.14. The zero-order chi connectivity index (χ0) is 16.7. The van der Waals surface area contributed by atoms with Gasteiger partial charge in [0.1, 0.15) is 16.9 Å². The van der Waals surface area contributed by atoms with Crippen LogP contribution in [0.15, 0.2) is 22.9 Å². The van der Waals surface area contributed by atoms with Crippen LogP contribution in [0, 0.1) is 0 Å². The van der Waals surface area contributed by atoms with E-state index in [1.165, 1.54) is 30.4 Å². The van der Waals surface area contributed by atoms with Crippen LogP contribution in [0.25, 0.3) is 21.7 Å². The fourth-order valence-corrected chi connectivity index (χ4v) is 4.52. The Kier molecular flexibility index (Phi) is 3.97. The maximum Gasteiger partial charge on any atom is 0.185 e. The Hall–Kier alpha value is -1.99. The first-order chi connectivity index (χ1) is 11.6. The quantitative estimate of drug-likeness (QED) is 0.781. The third-order valence-electron chi connectivity index (χ3n) is 4.85. The van der Waals surface area contributed by atoms with Crippen molar-refractivity contribution in [3.8, 4) is 11.5 Å². The molecule has 6 nitrogen and oxygen atoms in total. The smallest absolute Gasteiger partial charge is 0.185 e. The Balaban J connectivity index is 1.67. The van der Waals surface area contributed by atoms with Crippen LogP contribution in [0.5, 0.6) is 0 Å². The molecule has 0 aromatic carbocycles. The number of likely N-dealkylation sites (tertiary alicyclic amines) is 1. The number of nitrogen functional groups attached to an aromatic ring is 1. The van der Waals surface area contributed by atoms with Crippen LogP contribution in [-0.4, -0.2) is 32.1 Å². The van der Waals surface area contributed by atoms with Crippen molar-refractivity contribution in [3.63, 3.8) is 0 Å². The van der Waals surface area contributed by atoms with Gasteiger partial charge in [0.15, 0.2) is 11.5 Å². The van der Waals surface area contributed by atoms with Crippen molar-refractivity contribution in [2.45, 2.75) is 51.7 Å². The van der Waals surface area contributed by atoms with Crippen LogP contribution in [-0.2, 0) is 6.54 Å². The third-order valence-corrected chi connectivity index (χ3v) is 5.87. The molecule has 7 heteroatoms. The molecule has 1 aliphatic rings. The molecule has 1 saturated heterocycles. The summed E-state index contributed by atoms with van der Waals surface area (Å²) in [5, 5.41) is 4.83. The molecule has 0 radical (unpaired) electrons. The van der Waals surface area contributed by atoms with Gasteiger partial charge in [-0.25, -0.2) is 9.97 Å². The van der Waals surface area contributed by atoms with Crippen molar-refractivity contribution in [3.05, 3.63) is 23.3 Å². The van der Waals surface area contributed by atoms with Gasteiger partial charge >= 0.3 is 0 Å². The number of rotatable bonds is 3. The van der Waals surface area contributed by atoms with Gasteiger partial charge in [-0.15, -0.1) is 11.3 Å². The molecule has 3 aromatic rings. The molecule has 0 bridgehead atoms. The van der Waals surface area contributed by atoms with Crippen LogP contribution < -0.4 is 5.73 Å². The summed E-state index contributed by atoms with van der Waals surface area (Å²) in [6.07, 6.45) is 5.38. The van der Waals surface area contributed by atoms with Crippen LogP contribution in [0.3, 0.4) is 0 Å². The van der Waals surface area contributed by atoms with E-state index in [1.807, 2.05) is 0 Å². The molecule has 0 aliphatic carbocycles. The number of piperidine rings is 1. The fraction of sp³-hybridized carbons (Fsp3) is 0.471. The van der Waals surface area contributed by atoms with Gasteiger partial charge in [0.05, 0.1) is 5.39 Å². The van der Waals surface area contributed by atoms with Crippen LogP contribution in [0.2, 0.25) is 0 Å². The van der Waals surface area contributed by atoms with Crippen LogP contribution in [0.1, 0.15) is 38.0 Å². The summed E-state index contributed by atoms with van der Waals surface area (Å²) in [4.78, 5) is 13.8. The Morgan fingerprint density at radius 2 is 2.08 bits per heavy atom. The minimum Gasteiger partial charge on any atom is -0.383 e. The first kappa shape index (κ1) is 15.5. The van der Waals surface area contributed by atoms with E-state index in [-0.39, 0.29) is 0 Å². The van der Waals surface area contributed by atoms with Crippen molar-refractivity contribution < 1.29 is 4.52 Å². The van der Waals surface area contributed by atoms with E-state index in [0.29, 0.717) is 29.4 Å². The Morgan fingerprint density at radius 3 is 2.79 bits per heavy atom. The summed E-state index contributed by atoms with van der Waals surface area (Å²) < 4.78 is 4.88. The van der Waals surface area contributed by atoms with Crippen molar-refractivity contribution in [1.29, 1.82) is 0 Å². The highest BCUT2D eigenvalue weighted by atomic mass is 32.1. The lowest BCUT2D eigenvalue weighted by Gasteiger charge is -2.38. The van der Waals surface area contributed by atoms with E-state index in [0.717, 1.165) is 16.8 Å². The maximum atomic E-state index is 6.15. The molecule has 1 aliphatic heterocycles. The van der Waals surface area contributed by atoms with Gasteiger partial charge < -0.3 is 10.3 Å². The van der Waals surface area contributed by atoms with Crippen molar-refractivity contribution in [2.75, 3.05) is 5.73 Å². The van der Waals surface area contributed by atoms with Gasteiger partial charge in [-0.1, -0.05) is 11.6 Å². The molecule has 126 valence electrons. The number of aromatic nitrogens is 3. The highest BCUT2D eigenvalue weighted by molar-refractivity contribution is 7.18. The second-order valence-corrected chi connectivity index (χ2v) is 7.67. The minimum atomic E-state index is 0.500. The van der Waals surface area contributed by atoms with E-state index < -0.39 is 0 Å². The van der Waals surface area contributed by atoms with E-state index >= 15 is 0 Å². The molecule has 3 aromatic heterocycles. The first-order valence-electron chi connectivity index (χ1n) is 8.34. The molecule has 0 spiro atoms. The summed E-state index contributed by atoms with van der Waals surface area (Å²) in [5.74, 6) is 1.02. The Labute approximate surface area is 144 Å². The lowest BCUT2D eigenvalue weighted by Crippen LogP contribution is -2.42. The number of nitrogens with zero attached hydrogens (tertiary/aromatic N) is 4. The van der Waals surface area contributed by atoms with E-state index in [4.69, 9.17) is 10.3 Å². The zero-order valence-electron chi connectivity index (χ0n) is 13.9. The molecule has 24 heavy (non-hydrogen) atoms. The average molecular weight is 343 g/mol. The third kappa shape index (κ3) is 2.78. The van der Waals surface area contributed by atoms with Gasteiger partial charge in [-0.3, -0.25) is 4.90 Å². The molecule has 0 saturated carbocycles. The van der Waals surface area contributed by atoms with Crippen molar-refractivity contribution in [2.24, 2.45) is 0 Å². The van der Waals surface area contributed by atoms with Gasteiger partial charge in [-0.2, -0.15) is 0 Å². The first-order valence-corrected chi connectivity index (χ1v) is 9.16. The Morgan fingerprint density at radius 1 is 1.29 bits per heavy atom. The topological polar surface area (TPSA) is 81.1 Å². The van der Waals surface area contributed by atoms with E-state index in [9.17, 15) is 0 Å². The summed E-state index contributed by atoms with van der Waals surface area (Å²) in [6, 6.07) is 5.11. The lowest BCUT2D eigenvalue weighted by atomic mass is 9.97. The van der Waals surface area contributed by atoms with E-state index in [2.05, 4.69) is 39.9 Å². The Bertz CT molecular complexity index is 834. The highest BCUT2D eigenvalue weighted by Gasteiger charge is 2.25. The molecule has 2 atom stereocenters. The largest absolute Gasteiger partial charge is 0.383 e. The van der Waals surface area contributed by atoms with Crippen molar-refractivity contribution in [1.82, 2.24) is 20.0 Å². The number of hydrogen-bond donors (Lipinski definition) is 1. The summed E-state index contributed by atoms with van der Waals surface area (Å²) >= 11 is 1.69. The molecule has 2 N–H and O–H groups in total. The van der Waals surface area contributed by atoms with Crippen molar-refractivity contribution >= 4 is 27.4 Å². The average Bonchev–Trinajstić information content (AvgIpc) is 3.20. The number of thiophene rings is 1. The van der Waals surface area contributed by atoms with Crippen LogP contribution in [0.4, 0.5) is 5.82 Å².